The number of hydrogen-bond acceptors (Lipinski definition) is 3. The number of H-pyrrole nitrogens is 1. The molecule has 27 heavy (non-hydrogen) atoms. The maximum Gasteiger partial charge on any atom is 0.253 e. The summed E-state index contributed by atoms with van der Waals surface area (Å²) in [6, 6.07) is 8.50. The molecule has 0 atom stereocenters. The van der Waals surface area contributed by atoms with E-state index in [2.05, 4.69) is 4.98 Å². The van der Waals surface area contributed by atoms with E-state index >= 15 is 0 Å². The van der Waals surface area contributed by atoms with Crippen LogP contribution in [0.25, 0.3) is 0 Å². The van der Waals surface area contributed by atoms with Gasteiger partial charge in [-0.3, -0.25) is 14.4 Å². The molecule has 1 aliphatic heterocycles. The molecule has 6 nitrogen and oxygen atoms in total. The highest BCUT2D eigenvalue weighted by Crippen LogP contribution is 2.14. The molecular formula is C21H25N3O3. The summed E-state index contributed by atoms with van der Waals surface area (Å²) in [6.07, 6.45) is 4.13. The van der Waals surface area contributed by atoms with Crippen LogP contribution >= 0.6 is 0 Å². The van der Waals surface area contributed by atoms with Gasteiger partial charge < -0.3 is 14.8 Å². The van der Waals surface area contributed by atoms with Crippen LogP contribution in [0.1, 0.15) is 46.5 Å². The Morgan fingerprint density at radius 2 is 1.48 bits per heavy atom. The maximum absolute atomic E-state index is 12.8. The van der Waals surface area contributed by atoms with E-state index in [1.165, 1.54) is 0 Å². The number of hydrogen-bond donors (Lipinski definition) is 1. The van der Waals surface area contributed by atoms with Gasteiger partial charge in [0.15, 0.2) is 5.78 Å². The van der Waals surface area contributed by atoms with Gasteiger partial charge in [-0.25, -0.2) is 0 Å². The van der Waals surface area contributed by atoms with E-state index < -0.39 is 0 Å². The monoisotopic (exact) mass is 367 g/mol. The van der Waals surface area contributed by atoms with Crippen molar-refractivity contribution in [3.8, 4) is 0 Å². The Morgan fingerprint density at radius 3 is 2.11 bits per heavy atom. The van der Waals surface area contributed by atoms with Gasteiger partial charge in [-0.1, -0.05) is 26.0 Å². The van der Waals surface area contributed by atoms with E-state index in [0.717, 1.165) is 6.42 Å². The molecule has 0 saturated carbocycles. The van der Waals surface area contributed by atoms with Gasteiger partial charge in [0.2, 0.25) is 5.91 Å². The Labute approximate surface area is 159 Å². The van der Waals surface area contributed by atoms with Gasteiger partial charge in [-0.15, -0.1) is 0 Å². The molecular weight excluding hydrogens is 342 g/mol. The number of rotatable bonds is 4. The largest absolute Gasteiger partial charge is 0.367 e. The summed E-state index contributed by atoms with van der Waals surface area (Å²) in [4.78, 5) is 43.8. The number of amides is 2. The SMILES string of the molecule is CC(C)C(=O)N1CCCN(C(=O)c2ccc(C(=O)c3cc[nH]c3)cc2)CC1. The van der Waals surface area contributed by atoms with E-state index in [1.54, 1.807) is 47.6 Å². The molecule has 1 aromatic heterocycles. The molecule has 6 heteroatoms. The highest BCUT2D eigenvalue weighted by molar-refractivity contribution is 6.09. The summed E-state index contributed by atoms with van der Waals surface area (Å²) in [5.74, 6) is -0.0309. The zero-order valence-corrected chi connectivity index (χ0v) is 15.8. The van der Waals surface area contributed by atoms with Gasteiger partial charge in [-0.05, 0) is 24.6 Å². The van der Waals surface area contributed by atoms with Crippen molar-refractivity contribution in [3.63, 3.8) is 0 Å². The zero-order valence-electron chi connectivity index (χ0n) is 15.8. The van der Waals surface area contributed by atoms with Crippen molar-refractivity contribution in [3.05, 3.63) is 59.4 Å². The fraction of sp³-hybridized carbons (Fsp3) is 0.381. The number of benzene rings is 1. The Hall–Kier alpha value is -2.89. The summed E-state index contributed by atoms with van der Waals surface area (Å²) in [7, 11) is 0. The summed E-state index contributed by atoms with van der Waals surface area (Å²) in [5, 5.41) is 0. The molecule has 1 N–H and O–H groups in total. The van der Waals surface area contributed by atoms with E-state index in [4.69, 9.17) is 0 Å². The van der Waals surface area contributed by atoms with E-state index in [0.29, 0.717) is 42.9 Å². The number of nitrogens with one attached hydrogen (secondary N) is 1. The van der Waals surface area contributed by atoms with Crippen molar-refractivity contribution in [2.75, 3.05) is 26.2 Å². The van der Waals surface area contributed by atoms with Crippen LogP contribution < -0.4 is 0 Å². The molecule has 1 fully saturated rings. The Kier molecular flexibility index (Phi) is 5.74. The maximum atomic E-state index is 12.8. The number of carbonyl (C=O) groups is 3. The number of aromatic amines is 1. The van der Waals surface area contributed by atoms with E-state index in [1.807, 2.05) is 18.7 Å². The van der Waals surface area contributed by atoms with Gasteiger partial charge in [0, 0.05) is 61.2 Å². The van der Waals surface area contributed by atoms with Crippen molar-refractivity contribution in [2.45, 2.75) is 20.3 Å². The lowest BCUT2D eigenvalue weighted by atomic mass is 10.0. The minimum absolute atomic E-state index is 0.0302. The first-order chi connectivity index (χ1) is 13.0. The first-order valence-electron chi connectivity index (χ1n) is 9.33. The van der Waals surface area contributed by atoms with Crippen LogP contribution in [0.15, 0.2) is 42.7 Å². The average Bonchev–Trinajstić information content (AvgIpc) is 3.11. The van der Waals surface area contributed by atoms with Crippen LogP contribution in [0, 0.1) is 5.92 Å². The lowest BCUT2D eigenvalue weighted by Gasteiger charge is -2.23. The van der Waals surface area contributed by atoms with Gasteiger partial charge in [0.25, 0.3) is 5.91 Å². The normalized spacial score (nSPS) is 14.9. The second-order valence-electron chi connectivity index (χ2n) is 7.13. The molecule has 0 unspecified atom stereocenters. The van der Waals surface area contributed by atoms with Crippen LogP contribution in [0.3, 0.4) is 0 Å². The number of ketones is 1. The first-order valence-corrected chi connectivity index (χ1v) is 9.33. The van der Waals surface area contributed by atoms with Crippen molar-refractivity contribution in [1.29, 1.82) is 0 Å². The van der Waals surface area contributed by atoms with Gasteiger partial charge in [-0.2, -0.15) is 0 Å². The predicted molar refractivity (Wildman–Crippen MR) is 103 cm³/mol. The average molecular weight is 367 g/mol. The summed E-state index contributed by atoms with van der Waals surface area (Å²) >= 11 is 0. The number of nitrogens with zero attached hydrogens (tertiary/aromatic N) is 2. The van der Waals surface area contributed by atoms with Crippen molar-refractivity contribution < 1.29 is 14.4 Å². The highest BCUT2D eigenvalue weighted by Gasteiger charge is 2.24. The minimum atomic E-state index is -0.0761. The topological polar surface area (TPSA) is 73.5 Å². The molecule has 1 aliphatic rings. The standard InChI is InChI=1S/C21H25N3O3/c1-15(2)20(26)23-10-3-11-24(13-12-23)21(27)17-6-4-16(5-7-17)19(25)18-8-9-22-14-18/h4-9,14-15,22H,3,10-13H2,1-2H3. The van der Waals surface area contributed by atoms with E-state index in [9.17, 15) is 14.4 Å². The molecule has 2 aromatic rings. The predicted octanol–water partition coefficient (Wildman–Crippen LogP) is 2.58. The second kappa shape index (κ2) is 8.20. The molecule has 2 amide bonds. The lowest BCUT2D eigenvalue weighted by molar-refractivity contribution is -0.134. The summed E-state index contributed by atoms with van der Waals surface area (Å²) < 4.78 is 0. The quantitative estimate of drug-likeness (QED) is 0.844. The fourth-order valence-electron chi connectivity index (χ4n) is 3.28. The smallest absolute Gasteiger partial charge is 0.253 e. The molecule has 142 valence electrons. The summed E-state index contributed by atoms with van der Waals surface area (Å²) in [6.45, 7) is 6.20. The van der Waals surface area contributed by atoms with Gasteiger partial charge in [0.05, 0.1) is 0 Å². The van der Waals surface area contributed by atoms with Crippen molar-refractivity contribution in [2.24, 2.45) is 5.92 Å². The zero-order chi connectivity index (χ0) is 19.4. The Balaban J connectivity index is 1.65. The second-order valence-corrected chi connectivity index (χ2v) is 7.13. The first kappa shape index (κ1) is 18.9. The third-order valence-electron chi connectivity index (χ3n) is 4.84. The molecule has 1 saturated heterocycles. The van der Waals surface area contributed by atoms with Crippen LogP contribution in [0.5, 0.6) is 0 Å². The van der Waals surface area contributed by atoms with Crippen molar-refractivity contribution in [1.82, 2.24) is 14.8 Å². The van der Waals surface area contributed by atoms with Crippen LogP contribution in [-0.2, 0) is 4.79 Å². The third-order valence-corrected chi connectivity index (χ3v) is 4.84. The number of aromatic nitrogens is 1. The van der Waals surface area contributed by atoms with Gasteiger partial charge >= 0.3 is 0 Å². The van der Waals surface area contributed by atoms with E-state index in [-0.39, 0.29) is 23.5 Å². The molecule has 1 aromatic carbocycles. The Morgan fingerprint density at radius 1 is 0.852 bits per heavy atom. The van der Waals surface area contributed by atoms with Crippen LogP contribution in [-0.4, -0.2) is 58.6 Å². The minimum Gasteiger partial charge on any atom is -0.367 e. The highest BCUT2D eigenvalue weighted by atomic mass is 16.2. The fourth-order valence-corrected chi connectivity index (χ4v) is 3.28. The van der Waals surface area contributed by atoms with Gasteiger partial charge in [0.1, 0.15) is 0 Å². The molecule has 2 heterocycles. The van der Waals surface area contributed by atoms with Crippen LogP contribution in [0.2, 0.25) is 0 Å². The molecule has 0 aliphatic carbocycles. The molecule has 0 radical (unpaired) electrons. The summed E-state index contributed by atoms with van der Waals surface area (Å²) in [5.41, 5.74) is 1.71. The molecule has 0 spiro atoms. The third kappa shape index (κ3) is 4.27. The van der Waals surface area contributed by atoms with Crippen molar-refractivity contribution >= 4 is 17.6 Å². The van der Waals surface area contributed by atoms with Crippen LogP contribution in [0.4, 0.5) is 0 Å². The molecule has 0 bridgehead atoms. The Bertz CT molecular complexity index is 810. The lowest BCUT2D eigenvalue weighted by Crippen LogP contribution is -2.38. The molecule has 3 rings (SSSR count). The number of carbonyl (C=O) groups excluding carboxylic acids is 3.